The minimum Gasteiger partial charge on any atom is -0.338 e. The lowest BCUT2D eigenvalue weighted by Gasteiger charge is -2.29. The molecule has 0 spiro atoms. The van der Waals surface area contributed by atoms with Crippen molar-refractivity contribution in [2.45, 2.75) is 19.1 Å². The van der Waals surface area contributed by atoms with Crippen LogP contribution in [0.2, 0.25) is 0 Å². The molecule has 0 fully saturated rings. The van der Waals surface area contributed by atoms with Gasteiger partial charge >= 0.3 is 12.2 Å². The second kappa shape index (κ2) is 7.79. The first-order valence-corrected chi connectivity index (χ1v) is 6.65. The monoisotopic (exact) mass is 317 g/mol. The zero-order valence-corrected chi connectivity index (χ0v) is 12.3. The highest BCUT2D eigenvalue weighted by Crippen LogP contribution is 2.36. The van der Waals surface area contributed by atoms with Gasteiger partial charge in [-0.1, -0.05) is 30.3 Å². The number of nitrogens with zero attached hydrogens (tertiary/aromatic N) is 1. The normalized spacial score (nSPS) is 12.8. The first-order valence-electron chi connectivity index (χ1n) is 6.65. The minimum atomic E-state index is -4.54. The Morgan fingerprint density at radius 3 is 2.32 bits per heavy atom. The van der Waals surface area contributed by atoms with Crippen molar-refractivity contribution in [1.29, 1.82) is 0 Å². The molecule has 1 atom stereocenters. The van der Waals surface area contributed by atoms with Crippen LogP contribution in [0, 0.1) is 0 Å². The highest BCUT2D eigenvalue weighted by Gasteiger charge is 2.43. The third-order valence-corrected chi connectivity index (χ3v) is 2.85. The van der Waals surface area contributed by atoms with E-state index in [9.17, 15) is 22.8 Å². The summed E-state index contributed by atoms with van der Waals surface area (Å²) in [5.74, 6) is -0.807. The van der Waals surface area contributed by atoms with Gasteiger partial charge in [0, 0.05) is 6.54 Å². The van der Waals surface area contributed by atoms with Gasteiger partial charge in [-0.3, -0.25) is 15.0 Å². The number of rotatable bonds is 5. The number of imide groups is 1. The zero-order chi connectivity index (χ0) is 16.8. The van der Waals surface area contributed by atoms with Gasteiger partial charge in [0.15, 0.2) is 0 Å². The first-order chi connectivity index (χ1) is 10.3. The number of nitrogens with one attached hydrogen (secondary N) is 2. The van der Waals surface area contributed by atoms with Crippen molar-refractivity contribution < 1.29 is 22.8 Å². The van der Waals surface area contributed by atoms with E-state index in [2.05, 4.69) is 5.32 Å². The Balaban J connectivity index is 2.80. The maximum atomic E-state index is 13.2. The average Bonchev–Trinajstić information content (AvgIpc) is 2.38. The van der Waals surface area contributed by atoms with Crippen LogP contribution in [0.25, 0.3) is 0 Å². The van der Waals surface area contributed by atoms with E-state index in [1.807, 2.05) is 5.32 Å². The third-order valence-electron chi connectivity index (χ3n) is 2.85. The molecule has 0 bridgehead atoms. The van der Waals surface area contributed by atoms with Crippen LogP contribution in [0.4, 0.5) is 18.0 Å². The SMILES string of the molecule is CCNC(=O)NC(=O)CN(C)[C@@H](c1ccccc1)C(F)(F)F. The Bertz CT molecular complexity index is 506. The largest absolute Gasteiger partial charge is 0.408 e. The molecule has 0 aromatic heterocycles. The van der Waals surface area contributed by atoms with Gasteiger partial charge in [0.2, 0.25) is 5.91 Å². The van der Waals surface area contributed by atoms with Crippen LogP contribution in [-0.2, 0) is 4.79 Å². The molecule has 0 heterocycles. The smallest absolute Gasteiger partial charge is 0.338 e. The molecule has 1 aromatic rings. The van der Waals surface area contributed by atoms with E-state index in [0.29, 0.717) is 6.54 Å². The number of hydrogen-bond acceptors (Lipinski definition) is 3. The van der Waals surface area contributed by atoms with Crippen LogP contribution in [0.3, 0.4) is 0 Å². The van der Waals surface area contributed by atoms with Gasteiger partial charge in [-0.25, -0.2) is 4.79 Å². The molecule has 3 amide bonds. The molecule has 0 aliphatic heterocycles. The molecule has 2 N–H and O–H groups in total. The predicted molar refractivity (Wildman–Crippen MR) is 75.1 cm³/mol. The van der Waals surface area contributed by atoms with E-state index in [0.717, 1.165) is 4.90 Å². The molecule has 0 aliphatic rings. The summed E-state index contributed by atoms with van der Waals surface area (Å²) in [6.45, 7) is 1.41. The molecular formula is C14H18F3N3O2. The van der Waals surface area contributed by atoms with Crippen molar-refractivity contribution in [3.8, 4) is 0 Å². The molecule has 0 unspecified atom stereocenters. The summed E-state index contributed by atoms with van der Waals surface area (Å²) in [5, 5.41) is 4.30. The summed E-state index contributed by atoms with van der Waals surface area (Å²) in [7, 11) is 1.18. The fourth-order valence-corrected chi connectivity index (χ4v) is 2.02. The first kappa shape index (κ1) is 18.0. The van der Waals surface area contributed by atoms with Crippen molar-refractivity contribution in [3.63, 3.8) is 0 Å². The number of carbonyl (C=O) groups excluding carboxylic acids is 2. The lowest BCUT2D eigenvalue weighted by Crippen LogP contribution is -2.46. The summed E-state index contributed by atoms with van der Waals surface area (Å²) in [4.78, 5) is 23.7. The maximum absolute atomic E-state index is 13.2. The van der Waals surface area contributed by atoms with Gasteiger partial charge in [0.05, 0.1) is 6.54 Å². The number of alkyl halides is 3. The summed E-state index contributed by atoms with van der Waals surface area (Å²) in [6, 6.07) is 4.64. The molecule has 5 nitrogen and oxygen atoms in total. The van der Waals surface area contributed by atoms with E-state index < -0.39 is 30.7 Å². The molecule has 22 heavy (non-hydrogen) atoms. The second-order valence-electron chi connectivity index (χ2n) is 4.68. The van der Waals surface area contributed by atoms with Gasteiger partial charge in [-0.15, -0.1) is 0 Å². The van der Waals surface area contributed by atoms with Crippen LogP contribution in [0.5, 0.6) is 0 Å². The van der Waals surface area contributed by atoms with Gasteiger partial charge in [-0.2, -0.15) is 13.2 Å². The maximum Gasteiger partial charge on any atom is 0.408 e. The van der Waals surface area contributed by atoms with Crippen LogP contribution in [0.15, 0.2) is 30.3 Å². The van der Waals surface area contributed by atoms with Gasteiger partial charge < -0.3 is 5.32 Å². The van der Waals surface area contributed by atoms with E-state index >= 15 is 0 Å². The highest BCUT2D eigenvalue weighted by molar-refractivity contribution is 5.95. The lowest BCUT2D eigenvalue weighted by atomic mass is 10.1. The molecule has 0 saturated heterocycles. The van der Waals surface area contributed by atoms with E-state index in [1.54, 1.807) is 13.0 Å². The predicted octanol–water partition coefficient (Wildman–Crippen LogP) is 2.07. The van der Waals surface area contributed by atoms with E-state index in [1.165, 1.54) is 31.3 Å². The van der Waals surface area contributed by atoms with Crippen LogP contribution in [0.1, 0.15) is 18.5 Å². The van der Waals surface area contributed by atoms with Gasteiger partial charge in [0.1, 0.15) is 6.04 Å². The minimum absolute atomic E-state index is 0.0308. The Morgan fingerprint density at radius 1 is 1.23 bits per heavy atom. The fraction of sp³-hybridized carbons (Fsp3) is 0.429. The molecular weight excluding hydrogens is 299 g/mol. The quantitative estimate of drug-likeness (QED) is 0.874. The van der Waals surface area contributed by atoms with Crippen LogP contribution < -0.4 is 10.6 Å². The zero-order valence-electron chi connectivity index (χ0n) is 12.3. The number of amides is 3. The number of halogens is 3. The Labute approximate surface area is 126 Å². The van der Waals surface area contributed by atoms with Crippen molar-refractivity contribution in [3.05, 3.63) is 35.9 Å². The third kappa shape index (κ3) is 5.36. The van der Waals surface area contributed by atoms with Crippen molar-refractivity contribution >= 4 is 11.9 Å². The van der Waals surface area contributed by atoms with Crippen LogP contribution in [-0.4, -0.2) is 43.2 Å². The summed E-state index contributed by atoms with van der Waals surface area (Å²) < 4.78 is 39.7. The molecule has 0 radical (unpaired) electrons. The number of carbonyl (C=O) groups is 2. The van der Waals surface area contributed by atoms with Crippen LogP contribution >= 0.6 is 0 Å². The molecule has 8 heteroatoms. The topological polar surface area (TPSA) is 61.4 Å². The van der Waals surface area contributed by atoms with E-state index in [-0.39, 0.29) is 5.56 Å². The average molecular weight is 317 g/mol. The highest BCUT2D eigenvalue weighted by atomic mass is 19.4. The molecule has 0 aliphatic carbocycles. The van der Waals surface area contributed by atoms with Gasteiger partial charge in [0.25, 0.3) is 0 Å². The molecule has 1 aromatic carbocycles. The number of likely N-dealkylation sites (N-methyl/N-ethyl adjacent to an activating group) is 1. The Morgan fingerprint density at radius 2 is 1.82 bits per heavy atom. The summed E-state index contributed by atoms with van der Waals surface area (Å²) in [5.41, 5.74) is 0.0308. The summed E-state index contributed by atoms with van der Waals surface area (Å²) >= 11 is 0. The van der Waals surface area contributed by atoms with Crippen molar-refractivity contribution in [2.24, 2.45) is 0 Å². The number of hydrogen-bond donors (Lipinski definition) is 2. The molecule has 0 saturated carbocycles. The van der Waals surface area contributed by atoms with E-state index in [4.69, 9.17) is 0 Å². The summed E-state index contributed by atoms with van der Waals surface area (Å²) in [6.07, 6.45) is -4.54. The molecule has 1 rings (SSSR count). The number of urea groups is 1. The van der Waals surface area contributed by atoms with Crippen molar-refractivity contribution in [2.75, 3.05) is 20.1 Å². The fourth-order valence-electron chi connectivity index (χ4n) is 2.02. The Hall–Kier alpha value is -2.09. The molecule has 122 valence electrons. The lowest BCUT2D eigenvalue weighted by molar-refractivity contribution is -0.183. The number of benzene rings is 1. The standard InChI is InChI=1S/C14H18F3N3O2/c1-3-18-13(22)19-11(21)9-20(2)12(14(15,16)17)10-7-5-4-6-8-10/h4-8,12H,3,9H2,1-2H3,(H2,18,19,21,22)/t12-/m0/s1. The van der Waals surface area contributed by atoms with Crippen molar-refractivity contribution in [1.82, 2.24) is 15.5 Å². The Kier molecular flexibility index (Phi) is 6.36. The second-order valence-corrected chi connectivity index (χ2v) is 4.68. The van der Waals surface area contributed by atoms with Gasteiger partial charge in [-0.05, 0) is 19.5 Å².